The van der Waals surface area contributed by atoms with Crippen molar-refractivity contribution < 1.29 is 9.53 Å². The highest BCUT2D eigenvalue weighted by Crippen LogP contribution is 2.28. The van der Waals surface area contributed by atoms with Crippen LogP contribution in [0.15, 0.2) is 17.5 Å². The Bertz CT molecular complexity index is 358. The number of carbonyl (C=O) groups is 1. The minimum Gasteiger partial charge on any atom is -0.468 e. The standard InChI is InChI=1S/C13H21NO2S/c1-9(2)11(10-7-6-8-17-10)14-13(3,4)12(15)16-5/h6-9,11,14H,1-5H3. The van der Waals surface area contributed by atoms with Gasteiger partial charge in [0.25, 0.3) is 0 Å². The zero-order chi connectivity index (χ0) is 13.1. The molecule has 0 amide bonds. The van der Waals surface area contributed by atoms with Crippen LogP contribution in [0.1, 0.15) is 38.6 Å². The summed E-state index contributed by atoms with van der Waals surface area (Å²) in [4.78, 5) is 12.9. The molecule has 1 N–H and O–H groups in total. The van der Waals surface area contributed by atoms with Gasteiger partial charge in [0, 0.05) is 10.9 Å². The number of methoxy groups -OCH3 is 1. The van der Waals surface area contributed by atoms with Crippen molar-refractivity contribution in [1.82, 2.24) is 5.32 Å². The average molecular weight is 255 g/mol. The number of rotatable bonds is 5. The van der Waals surface area contributed by atoms with Crippen molar-refractivity contribution in [2.75, 3.05) is 7.11 Å². The maximum Gasteiger partial charge on any atom is 0.325 e. The number of esters is 1. The van der Waals surface area contributed by atoms with Crippen molar-refractivity contribution in [2.24, 2.45) is 5.92 Å². The molecule has 1 aromatic rings. The number of ether oxygens (including phenoxy) is 1. The molecule has 0 aliphatic rings. The van der Waals surface area contributed by atoms with Crippen LogP contribution in [0.4, 0.5) is 0 Å². The largest absolute Gasteiger partial charge is 0.468 e. The molecule has 0 bridgehead atoms. The van der Waals surface area contributed by atoms with Crippen LogP contribution in [0.2, 0.25) is 0 Å². The number of carbonyl (C=O) groups excluding carboxylic acids is 1. The second kappa shape index (κ2) is 5.65. The van der Waals surface area contributed by atoms with Gasteiger partial charge < -0.3 is 4.74 Å². The lowest BCUT2D eigenvalue weighted by Crippen LogP contribution is -2.50. The van der Waals surface area contributed by atoms with E-state index in [1.165, 1.54) is 12.0 Å². The Hall–Kier alpha value is -0.870. The minimum absolute atomic E-state index is 0.170. The lowest BCUT2D eigenvalue weighted by atomic mass is 9.97. The van der Waals surface area contributed by atoms with Crippen LogP contribution in [-0.2, 0) is 9.53 Å². The van der Waals surface area contributed by atoms with Gasteiger partial charge in [-0.05, 0) is 31.2 Å². The first-order valence-electron chi connectivity index (χ1n) is 5.78. The van der Waals surface area contributed by atoms with Crippen LogP contribution in [-0.4, -0.2) is 18.6 Å². The predicted octanol–water partition coefficient (Wildman–Crippen LogP) is 2.99. The molecule has 0 aromatic carbocycles. The van der Waals surface area contributed by atoms with Gasteiger partial charge >= 0.3 is 5.97 Å². The van der Waals surface area contributed by atoms with E-state index in [0.717, 1.165) is 0 Å². The molecule has 0 saturated heterocycles. The Morgan fingerprint density at radius 2 is 2.12 bits per heavy atom. The molecule has 17 heavy (non-hydrogen) atoms. The molecule has 96 valence electrons. The van der Waals surface area contributed by atoms with Crippen molar-refractivity contribution in [1.29, 1.82) is 0 Å². The van der Waals surface area contributed by atoms with Crippen LogP contribution >= 0.6 is 11.3 Å². The van der Waals surface area contributed by atoms with Crippen molar-refractivity contribution >= 4 is 17.3 Å². The van der Waals surface area contributed by atoms with Crippen molar-refractivity contribution in [3.8, 4) is 0 Å². The smallest absolute Gasteiger partial charge is 0.325 e. The van der Waals surface area contributed by atoms with Crippen LogP contribution in [0.5, 0.6) is 0 Å². The third kappa shape index (κ3) is 3.54. The lowest BCUT2D eigenvalue weighted by Gasteiger charge is -2.31. The van der Waals surface area contributed by atoms with Crippen molar-refractivity contribution in [2.45, 2.75) is 39.3 Å². The highest BCUT2D eigenvalue weighted by Gasteiger charge is 2.33. The third-order valence-electron chi connectivity index (χ3n) is 2.73. The van der Waals surface area contributed by atoms with Gasteiger partial charge in [0.05, 0.1) is 7.11 Å². The molecule has 1 unspecified atom stereocenters. The quantitative estimate of drug-likeness (QED) is 0.822. The van der Waals surface area contributed by atoms with Crippen molar-refractivity contribution in [3.05, 3.63) is 22.4 Å². The number of thiophene rings is 1. The molecule has 0 radical (unpaired) electrons. The fraction of sp³-hybridized carbons (Fsp3) is 0.615. The summed E-state index contributed by atoms with van der Waals surface area (Å²) in [5, 5.41) is 5.43. The van der Waals surface area contributed by atoms with Gasteiger partial charge in [-0.3, -0.25) is 10.1 Å². The summed E-state index contributed by atoms with van der Waals surface area (Å²) < 4.78 is 4.81. The first kappa shape index (κ1) is 14.2. The lowest BCUT2D eigenvalue weighted by molar-refractivity contribution is -0.147. The summed E-state index contributed by atoms with van der Waals surface area (Å²) in [7, 11) is 1.42. The highest BCUT2D eigenvalue weighted by atomic mass is 32.1. The number of hydrogen-bond acceptors (Lipinski definition) is 4. The maximum atomic E-state index is 11.7. The third-order valence-corrected chi connectivity index (χ3v) is 3.68. The van der Waals surface area contributed by atoms with E-state index < -0.39 is 5.54 Å². The first-order valence-corrected chi connectivity index (χ1v) is 6.66. The Labute approximate surface area is 107 Å². The molecule has 1 heterocycles. The fourth-order valence-electron chi connectivity index (χ4n) is 1.74. The van der Waals surface area contributed by atoms with Crippen LogP contribution < -0.4 is 5.32 Å². The Balaban J connectivity index is 2.85. The zero-order valence-electron chi connectivity index (χ0n) is 11.1. The second-order valence-corrected chi connectivity index (χ2v) is 5.98. The molecule has 1 aromatic heterocycles. The fourth-order valence-corrected chi connectivity index (χ4v) is 2.69. The highest BCUT2D eigenvalue weighted by molar-refractivity contribution is 7.10. The van der Waals surface area contributed by atoms with Gasteiger partial charge in [0.1, 0.15) is 5.54 Å². The van der Waals surface area contributed by atoms with E-state index >= 15 is 0 Å². The Morgan fingerprint density at radius 3 is 2.53 bits per heavy atom. The molecule has 4 heteroatoms. The van der Waals surface area contributed by atoms with Gasteiger partial charge in [-0.1, -0.05) is 19.9 Å². The molecule has 0 aliphatic carbocycles. The molecule has 1 rings (SSSR count). The van der Waals surface area contributed by atoms with Crippen LogP contribution in [0.3, 0.4) is 0 Å². The molecular formula is C13H21NO2S. The molecule has 0 saturated carbocycles. The minimum atomic E-state index is -0.673. The normalized spacial score (nSPS) is 13.8. The van der Waals surface area contributed by atoms with Crippen LogP contribution in [0, 0.1) is 5.92 Å². The monoisotopic (exact) mass is 255 g/mol. The van der Waals surface area contributed by atoms with E-state index in [1.807, 2.05) is 19.9 Å². The Kier molecular flexibility index (Phi) is 4.71. The van der Waals surface area contributed by atoms with Gasteiger partial charge in [-0.25, -0.2) is 0 Å². The first-order chi connectivity index (χ1) is 7.88. The van der Waals surface area contributed by atoms with Gasteiger partial charge in [-0.2, -0.15) is 0 Å². The molecule has 1 atom stereocenters. The SMILES string of the molecule is COC(=O)C(C)(C)NC(c1cccs1)C(C)C. The molecular weight excluding hydrogens is 234 g/mol. The van der Waals surface area contributed by atoms with E-state index in [1.54, 1.807) is 11.3 Å². The van der Waals surface area contributed by atoms with E-state index in [-0.39, 0.29) is 12.0 Å². The maximum absolute atomic E-state index is 11.7. The summed E-state index contributed by atoms with van der Waals surface area (Å²) in [6.45, 7) is 7.99. The van der Waals surface area contributed by atoms with Gasteiger partial charge in [0.2, 0.25) is 0 Å². The molecule has 3 nitrogen and oxygen atoms in total. The zero-order valence-corrected chi connectivity index (χ0v) is 11.9. The van der Waals surface area contributed by atoms with Gasteiger partial charge in [-0.15, -0.1) is 11.3 Å². The van der Waals surface area contributed by atoms with E-state index in [4.69, 9.17) is 4.74 Å². The Morgan fingerprint density at radius 1 is 1.47 bits per heavy atom. The summed E-state index contributed by atoms with van der Waals surface area (Å²) in [6.07, 6.45) is 0. The molecule has 0 aliphatic heterocycles. The summed E-state index contributed by atoms with van der Waals surface area (Å²) in [6, 6.07) is 4.29. The van der Waals surface area contributed by atoms with E-state index in [9.17, 15) is 4.79 Å². The summed E-state index contributed by atoms with van der Waals surface area (Å²) >= 11 is 1.70. The van der Waals surface area contributed by atoms with Gasteiger partial charge in [0.15, 0.2) is 0 Å². The summed E-state index contributed by atoms with van der Waals surface area (Å²) in [5.41, 5.74) is -0.673. The summed E-state index contributed by atoms with van der Waals surface area (Å²) in [5.74, 6) is 0.178. The average Bonchev–Trinajstić information content (AvgIpc) is 2.77. The number of nitrogens with one attached hydrogen (secondary N) is 1. The molecule has 0 fully saturated rings. The van der Waals surface area contributed by atoms with Crippen molar-refractivity contribution in [3.63, 3.8) is 0 Å². The predicted molar refractivity (Wildman–Crippen MR) is 71.1 cm³/mol. The van der Waals surface area contributed by atoms with Crippen LogP contribution in [0.25, 0.3) is 0 Å². The van der Waals surface area contributed by atoms with E-state index in [0.29, 0.717) is 5.92 Å². The van der Waals surface area contributed by atoms with E-state index in [2.05, 4.69) is 30.6 Å². The second-order valence-electron chi connectivity index (χ2n) is 5.00. The molecule has 0 spiro atoms. The number of hydrogen-bond donors (Lipinski definition) is 1. The topological polar surface area (TPSA) is 38.3 Å².